The first-order valence-electron chi connectivity index (χ1n) is 9.02. The zero-order valence-electron chi connectivity index (χ0n) is 15.3. The third kappa shape index (κ3) is 3.54. The van der Waals surface area contributed by atoms with Crippen LogP contribution in [0, 0.1) is 0 Å². The largest absolute Gasteiger partial charge is 0.394 e. The Morgan fingerprint density at radius 2 is 2.04 bits per heavy atom. The summed E-state index contributed by atoms with van der Waals surface area (Å²) in [5, 5.41) is 17.7. The molecule has 7 heteroatoms. The number of nitrogens with one attached hydrogen (secondary N) is 1. The van der Waals surface area contributed by atoms with E-state index >= 15 is 0 Å². The molecule has 0 aliphatic rings. The minimum atomic E-state index is -0.262. The Morgan fingerprint density at radius 3 is 2.79 bits per heavy atom. The second-order valence-electron chi connectivity index (χ2n) is 6.40. The zero-order chi connectivity index (χ0) is 19.5. The first kappa shape index (κ1) is 18.3. The third-order valence-corrected chi connectivity index (χ3v) is 5.56. The summed E-state index contributed by atoms with van der Waals surface area (Å²) in [7, 11) is 0. The molecule has 6 nitrogen and oxygen atoms in total. The van der Waals surface area contributed by atoms with Crippen LogP contribution in [0.5, 0.6) is 0 Å². The maximum absolute atomic E-state index is 12.3. The number of aliphatic hydroxyl groups is 1. The average Bonchev–Trinajstić information content (AvgIpc) is 3.39. The highest BCUT2D eigenvalue weighted by atomic mass is 32.1. The van der Waals surface area contributed by atoms with Crippen molar-refractivity contribution in [3.63, 3.8) is 0 Å². The van der Waals surface area contributed by atoms with Crippen LogP contribution in [0.25, 0.3) is 32.8 Å². The van der Waals surface area contributed by atoms with Crippen molar-refractivity contribution >= 4 is 28.2 Å². The van der Waals surface area contributed by atoms with Crippen LogP contribution < -0.4 is 5.32 Å². The molecule has 0 spiro atoms. The van der Waals surface area contributed by atoms with Crippen LogP contribution in [0.4, 0.5) is 0 Å². The number of hydrogen-bond donors (Lipinski definition) is 2. The Bertz CT molecular complexity index is 1100. The van der Waals surface area contributed by atoms with Crippen molar-refractivity contribution < 1.29 is 14.4 Å². The van der Waals surface area contributed by atoms with Gasteiger partial charge in [-0.15, -0.1) is 11.3 Å². The van der Waals surface area contributed by atoms with Gasteiger partial charge in [0.2, 0.25) is 0 Å². The standard InChI is InChI=1S/C21H19N3O3S/c1-2-15(12-25)23-20(26)18-11-22-21(28-18)19-16-9-8-14(10-17(16)27-24-19)13-6-4-3-5-7-13/h3-11,15,25H,2,12H2,1H3,(H,23,26). The van der Waals surface area contributed by atoms with Crippen molar-refractivity contribution in [2.45, 2.75) is 19.4 Å². The van der Waals surface area contributed by atoms with Gasteiger partial charge in [0.15, 0.2) is 5.58 Å². The van der Waals surface area contributed by atoms with Crippen LogP contribution in [0.1, 0.15) is 23.0 Å². The van der Waals surface area contributed by atoms with Crippen molar-refractivity contribution in [3.8, 4) is 21.8 Å². The number of rotatable bonds is 6. The number of thiazole rings is 1. The van der Waals surface area contributed by atoms with E-state index in [0.717, 1.165) is 16.5 Å². The molecule has 1 unspecified atom stereocenters. The van der Waals surface area contributed by atoms with Gasteiger partial charge in [-0.05, 0) is 29.7 Å². The number of aliphatic hydroxyl groups excluding tert-OH is 1. The van der Waals surface area contributed by atoms with Gasteiger partial charge in [0.05, 0.1) is 24.2 Å². The molecule has 1 atom stereocenters. The van der Waals surface area contributed by atoms with E-state index in [1.807, 2.05) is 55.5 Å². The van der Waals surface area contributed by atoms with Gasteiger partial charge in [0.25, 0.3) is 5.91 Å². The predicted molar refractivity (Wildman–Crippen MR) is 109 cm³/mol. The monoisotopic (exact) mass is 393 g/mol. The van der Waals surface area contributed by atoms with Gasteiger partial charge in [-0.3, -0.25) is 4.79 Å². The van der Waals surface area contributed by atoms with Crippen molar-refractivity contribution in [1.29, 1.82) is 0 Å². The molecule has 4 rings (SSSR count). The summed E-state index contributed by atoms with van der Waals surface area (Å²) in [6, 6.07) is 15.7. The maximum Gasteiger partial charge on any atom is 0.263 e. The quantitative estimate of drug-likeness (QED) is 0.514. The first-order chi connectivity index (χ1) is 13.7. The Labute approximate surface area is 165 Å². The number of nitrogens with zero attached hydrogens (tertiary/aromatic N) is 2. The van der Waals surface area contributed by atoms with Gasteiger partial charge in [0, 0.05) is 0 Å². The van der Waals surface area contributed by atoms with Gasteiger partial charge in [-0.2, -0.15) is 0 Å². The molecule has 2 aromatic carbocycles. The van der Waals surface area contributed by atoms with E-state index in [9.17, 15) is 9.90 Å². The number of carbonyl (C=O) groups excluding carboxylic acids is 1. The molecule has 142 valence electrons. The molecule has 4 aromatic rings. The normalized spacial score (nSPS) is 12.2. The number of amides is 1. The molecule has 0 radical (unpaired) electrons. The fourth-order valence-corrected chi connectivity index (χ4v) is 3.74. The number of aromatic nitrogens is 2. The van der Waals surface area contributed by atoms with E-state index in [0.29, 0.717) is 27.6 Å². The summed E-state index contributed by atoms with van der Waals surface area (Å²) in [4.78, 5) is 17.1. The Balaban J connectivity index is 1.62. The lowest BCUT2D eigenvalue weighted by molar-refractivity contribution is 0.0919. The molecule has 0 fully saturated rings. The summed E-state index contributed by atoms with van der Waals surface area (Å²) in [6.45, 7) is 1.82. The highest BCUT2D eigenvalue weighted by Gasteiger charge is 2.19. The van der Waals surface area contributed by atoms with Crippen LogP contribution in [0.2, 0.25) is 0 Å². The summed E-state index contributed by atoms with van der Waals surface area (Å²) < 4.78 is 5.52. The molecule has 0 aliphatic heterocycles. The zero-order valence-corrected chi connectivity index (χ0v) is 16.1. The van der Waals surface area contributed by atoms with E-state index in [1.165, 1.54) is 17.5 Å². The molecule has 2 N–H and O–H groups in total. The van der Waals surface area contributed by atoms with Crippen molar-refractivity contribution in [2.24, 2.45) is 0 Å². The lowest BCUT2D eigenvalue weighted by atomic mass is 10.0. The van der Waals surface area contributed by atoms with E-state index < -0.39 is 0 Å². The summed E-state index contributed by atoms with van der Waals surface area (Å²) in [5.41, 5.74) is 3.44. The Morgan fingerprint density at radius 1 is 1.21 bits per heavy atom. The molecule has 28 heavy (non-hydrogen) atoms. The minimum absolute atomic E-state index is 0.0917. The fraction of sp³-hybridized carbons (Fsp3) is 0.190. The van der Waals surface area contributed by atoms with Gasteiger partial charge in [-0.25, -0.2) is 4.98 Å². The molecular weight excluding hydrogens is 374 g/mol. The first-order valence-corrected chi connectivity index (χ1v) is 9.84. The topological polar surface area (TPSA) is 88.2 Å². The van der Waals surface area contributed by atoms with Crippen LogP contribution in [0.15, 0.2) is 59.3 Å². The van der Waals surface area contributed by atoms with Crippen molar-refractivity contribution in [1.82, 2.24) is 15.5 Å². The molecule has 2 aromatic heterocycles. The molecule has 0 bridgehead atoms. The number of hydrogen-bond acceptors (Lipinski definition) is 6. The maximum atomic E-state index is 12.3. The van der Waals surface area contributed by atoms with Gasteiger partial charge in [-0.1, -0.05) is 48.5 Å². The smallest absolute Gasteiger partial charge is 0.263 e. The predicted octanol–water partition coefficient (Wildman–Crippen LogP) is 4.12. The second-order valence-corrected chi connectivity index (χ2v) is 7.43. The average molecular weight is 393 g/mol. The minimum Gasteiger partial charge on any atom is -0.394 e. The lowest BCUT2D eigenvalue weighted by Gasteiger charge is -2.12. The van der Waals surface area contributed by atoms with Crippen molar-refractivity contribution in [3.05, 3.63) is 59.6 Å². The highest BCUT2D eigenvalue weighted by Crippen LogP contribution is 2.33. The van der Waals surface area contributed by atoms with Crippen LogP contribution in [0.3, 0.4) is 0 Å². The summed E-state index contributed by atoms with van der Waals surface area (Å²) in [6.07, 6.45) is 2.18. The van der Waals surface area contributed by atoms with E-state index in [4.69, 9.17) is 4.52 Å². The van der Waals surface area contributed by atoms with E-state index in [1.54, 1.807) is 0 Å². The second kappa shape index (κ2) is 7.92. The Hall–Kier alpha value is -3.03. The summed E-state index contributed by atoms with van der Waals surface area (Å²) >= 11 is 1.25. The van der Waals surface area contributed by atoms with Crippen LogP contribution >= 0.6 is 11.3 Å². The summed E-state index contributed by atoms with van der Waals surface area (Å²) in [5.74, 6) is -0.246. The number of benzene rings is 2. The molecule has 0 saturated heterocycles. The highest BCUT2D eigenvalue weighted by molar-refractivity contribution is 7.17. The fourth-order valence-electron chi connectivity index (χ4n) is 2.92. The number of fused-ring (bicyclic) bond motifs is 1. The van der Waals surface area contributed by atoms with E-state index in [2.05, 4.69) is 15.5 Å². The number of carbonyl (C=O) groups is 1. The van der Waals surface area contributed by atoms with Gasteiger partial charge in [0.1, 0.15) is 15.6 Å². The SMILES string of the molecule is CCC(CO)NC(=O)c1cnc(-c2noc3cc(-c4ccccc4)ccc23)s1. The molecule has 0 aliphatic carbocycles. The van der Waals surface area contributed by atoms with Gasteiger partial charge < -0.3 is 14.9 Å². The van der Waals surface area contributed by atoms with Crippen LogP contribution in [-0.4, -0.2) is 33.8 Å². The molecule has 0 saturated carbocycles. The van der Waals surface area contributed by atoms with Gasteiger partial charge >= 0.3 is 0 Å². The lowest BCUT2D eigenvalue weighted by Crippen LogP contribution is -2.36. The van der Waals surface area contributed by atoms with Crippen molar-refractivity contribution in [2.75, 3.05) is 6.61 Å². The molecule has 2 heterocycles. The molecule has 1 amide bonds. The van der Waals surface area contributed by atoms with Crippen LogP contribution in [-0.2, 0) is 0 Å². The third-order valence-electron chi connectivity index (χ3n) is 4.56. The Kier molecular flexibility index (Phi) is 5.18. The van der Waals surface area contributed by atoms with E-state index in [-0.39, 0.29) is 18.6 Å². The molecular formula is C21H19N3O3S.